The molecule has 4 nitrogen and oxygen atoms in total. The predicted octanol–water partition coefficient (Wildman–Crippen LogP) is 0.847. The van der Waals surface area contributed by atoms with E-state index in [1.54, 1.807) is 0 Å². The summed E-state index contributed by atoms with van der Waals surface area (Å²) >= 11 is 0. The number of hydrogen-bond donors (Lipinski definition) is 3. The van der Waals surface area contributed by atoms with Gasteiger partial charge in [-0.05, 0) is 6.92 Å². The Morgan fingerprint density at radius 1 is 1.60 bits per heavy atom. The molecule has 0 saturated heterocycles. The molecule has 1 rings (SSSR count). The molecule has 1 aromatic rings. The number of aromatic amines is 1. The van der Waals surface area contributed by atoms with Crippen molar-refractivity contribution in [3.8, 4) is 0 Å². The summed E-state index contributed by atoms with van der Waals surface area (Å²) in [5.41, 5.74) is 3.40. The minimum Gasteiger partial charge on any atom is -0.307 e. The number of anilines is 1. The maximum absolute atomic E-state index is 5.03. The van der Waals surface area contributed by atoms with Crippen molar-refractivity contribution in [2.75, 3.05) is 5.43 Å². The monoisotopic (exact) mass is 184 g/mol. The molecular weight excluding hydrogens is 175 g/mol. The van der Waals surface area contributed by atoms with Crippen molar-refractivity contribution in [3.63, 3.8) is 0 Å². The Balaban J connectivity index is 0. The van der Waals surface area contributed by atoms with Crippen LogP contribution in [0.3, 0.4) is 0 Å². The third-order valence-electron chi connectivity index (χ3n) is 0.854. The minimum atomic E-state index is 0. The van der Waals surface area contributed by atoms with Crippen LogP contribution >= 0.6 is 24.8 Å². The Bertz CT molecular complexity index is 176. The van der Waals surface area contributed by atoms with Crippen LogP contribution in [0.5, 0.6) is 0 Å². The minimum absolute atomic E-state index is 0. The van der Waals surface area contributed by atoms with E-state index < -0.39 is 0 Å². The molecule has 60 valence electrons. The quantitative estimate of drug-likeness (QED) is 0.448. The number of nitrogens with zero attached hydrogens (tertiary/aromatic N) is 1. The van der Waals surface area contributed by atoms with E-state index in [0.717, 1.165) is 5.69 Å². The molecule has 0 aliphatic heterocycles. The summed E-state index contributed by atoms with van der Waals surface area (Å²) in [6, 6.07) is 1.82. The molecule has 0 aliphatic rings. The molecule has 1 heterocycles. The van der Waals surface area contributed by atoms with Gasteiger partial charge in [-0.1, -0.05) is 0 Å². The first-order chi connectivity index (χ1) is 3.83. The second-order valence-corrected chi connectivity index (χ2v) is 1.58. The molecule has 10 heavy (non-hydrogen) atoms. The van der Waals surface area contributed by atoms with Gasteiger partial charge < -0.3 is 5.43 Å². The highest BCUT2D eigenvalue weighted by atomic mass is 35.5. The van der Waals surface area contributed by atoms with Gasteiger partial charge in [-0.3, -0.25) is 5.10 Å². The van der Waals surface area contributed by atoms with E-state index in [9.17, 15) is 0 Å². The molecule has 0 atom stereocenters. The molecule has 0 spiro atoms. The van der Waals surface area contributed by atoms with Crippen molar-refractivity contribution < 1.29 is 0 Å². The standard InChI is InChI=1S/C4H8N4.2ClH/c1-3-2-4(6-5)8-7-3;;/h2H,5H2,1H3,(H2,6,7,8);2*1H. The van der Waals surface area contributed by atoms with Gasteiger partial charge in [-0.25, -0.2) is 5.84 Å². The molecule has 4 N–H and O–H groups in total. The van der Waals surface area contributed by atoms with Crippen LogP contribution in [0.2, 0.25) is 0 Å². The summed E-state index contributed by atoms with van der Waals surface area (Å²) in [5, 5.41) is 6.50. The van der Waals surface area contributed by atoms with Crippen molar-refractivity contribution >= 4 is 30.6 Å². The molecule has 0 saturated carbocycles. The van der Waals surface area contributed by atoms with E-state index in [-0.39, 0.29) is 24.8 Å². The van der Waals surface area contributed by atoms with Crippen molar-refractivity contribution in [1.82, 2.24) is 10.2 Å². The average Bonchev–Trinajstić information content (AvgIpc) is 2.14. The fraction of sp³-hybridized carbons (Fsp3) is 0.250. The number of nitrogens with one attached hydrogen (secondary N) is 2. The van der Waals surface area contributed by atoms with E-state index >= 15 is 0 Å². The summed E-state index contributed by atoms with van der Waals surface area (Å²) in [7, 11) is 0. The molecule has 0 aromatic carbocycles. The van der Waals surface area contributed by atoms with E-state index in [1.165, 1.54) is 0 Å². The van der Waals surface area contributed by atoms with Crippen molar-refractivity contribution in [1.29, 1.82) is 0 Å². The second-order valence-electron chi connectivity index (χ2n) is 1.58. The van der Waals surface area contributed by atoms with Crippen molar-refractivity contribution in [2.45, 2.75) is 6.92 Å². The molecule has 0 radical (unpaired) electrons. The summed E-state index contributed by atoms with van der Waals surface area (Å²) in [6.07, 6.45) is 0. The van der Waals surface area contributed by atoms with Crippen LogP contribution in [-0.2, 0) is 0 Å². The number of nitrogen functional groups attached to an aromatic ring is 1. The van der Waals surface area contributed by atoms with Gasteiger partial charge in [0.2, 0.25) is 0 Å². The zero-order valence-corrected chi connectivity index (χ0v) is 7.05. The molecule has 1 aromatic heterocycles. The van der Waals surface area contributed by atoms with Crippen molar-refractivity contribution in [3.05, 3.63) is 11.8 Å². The Hall–Kier alpha value is -0.450. The third kappa shape index (κ3) is 2.91. The number of hydrazine groups is 1. The van der Waals surface area contributed by atoms with Crippen LogP contribution in [0.1, 0.15) is 5.69 Å². The van der Waals surface area contributed by atoms with Gasteiger partial charge >= 0.3 is 0 Å². The lowest BCUT2D eigenvalue weighted by atomic mass is 10.5. The normalized spacial score (nSPS) is 7.40. The lowest BCUT2D eigenvalue weighted by molar-refractivity contribution is 1.04. The highest BCUT2D eigenvalue weighted by Crippen LogP contribution is 1.99. The Labute approximate surface area is 71.4 Å². The number of aromatic nitrogens is 2. The predicted molar refractivity (Wildman–Crippen MR) is 45.6 cm³/mol. The highest BCUT2D eigenvalue weighted by molar-refractivity contribution is 5.85. The Kier molecular flexibility index (Phi) is 6.54. The fourth-order valence-corrected chi connectivity index (χ4v) is 0.492. The second kappa shape index (κ2) is 5.34. The Morgan fingerprint density at radius 2 is 2.20 bits per heavy atom. The highest BCUT2D eigenvalue weighted by Gasteiger charge is 1.89. The zero-order valence-electron chi connectivity index (χ0n) is 5.42. The molecule has 0 fully saturated rings. The first-order valence-corrected chi connectivity index (χ1v) is 2.31. The maximum Gasteiger partial charge on any atom is 0.161 e. The van der Waals surface area contributed by atoms with Gasteiger partial charge in [0.05, 0.1) is 0 Å². The van der Waals surface area contributed by atoms with E-state index in [1.807, 2.05) is 13.0 Å². The molecule has 0 unspecified atom stereocenters. The molecule has 0 bridgehead atoms. The van der Waals surface area contributed by atoms with E-state index in [0.29, 0.717) is 5.82 Å². The van der Waals surface area contributed by atoms with Crippen LogP contribution in [0.15, 0.2) is 6.07 Å². The van der Waals surface area contributed by atoms with Gasteiger partial charge in [-0.15, -0.1) is 24.8 Å². The van der Waals surface area contributed by atoms with Crippen LogP contribution in [-0.4, -0.2) is 10.2 Å². The van der Waals surface area contributed by atoms with Gasteiger partial charge in [0, 0.05) is 11.8 Å². The summed E-state index contributed by atoms with van der Waals surface area (Å²) in [4.78, 5) is 0. The first-order valence-electron chi connectivity index (χ1n) is 2.31. The SMILES string of the molecule is Cc1cc(NN)n[nH]1.Cl.Cl. The number of hydrogen-bond acceptors (Lipinski definition) is 3. The fourth-order valence-electron chi connectivity index (χ4n) is 0.492. The van der Waals surface area contributed by atoms with E-state index in [4.69, 9.17) is 5.84 Å². The van der Waals surface area contributed by atoms with Crippen LogP contribution in [0, 0.1) is 6.92 Å². The lowest BCUT2D eigenvalue weighted by Gasteiger charge is -1.84. The van der Waals surface area contributed by atoms with Gasteiger partial charge in [0.25, 0.3) is 0 Å². The van der Waals surface area contributed by atoms with Crippen LogP contribution < -0.4 is 11.3 Å². The summed E-state index contributed by atoms with van der Waals surface area (Å²) in [5.74, 6) is 5.70. The zero-order chi connectivity index (χ0) is 5.98. The maximum atomic E-state index is 5.03. The number of nitrogens with two attached hydrogens (primary N) is 1. The van der Waals surface area contributed by atoms with E-state index in [2.05, 4.69) is 15.6 Å². The molecule has 6 heteroatoms. The number of H-pyrrole nitrogens is 1. The smallest absolute Gasteiger partial charge is 0.161 e. The topological polar surface area (TPSA) is 66.7 Å². The van der Waals surface area contributed by atoms with Crippen molar-refractivity contribution in [2.24, 2.45) is 5.84 Å². The number of halogens is 2. The Morgan fingerprint density at radius 3 is 2.40 bits per heavy atom. The number of aryl methyl sites for hydroxylation is 1. The third-order valence-corrected chi connectivity index (χ3v) is 0.854. The lowest BCUT2D eigenvalue weighted by Crippen LogP contribution is -2.06. The van der Waals surface area contributed by atoms with Gasteiger partial charge in [0.15, 0.2) is 5.82 Å². The molecule has 0 aliphatic carbocycles. The van der Waals surface area contributed by atoms with Crippen LogP contribution in [0.4, 0.5) is 5.82 Å². The number of rotatable bonds is 1. The van der Waals surface area contributed by atoms with Gasteiger partial charge in [-0.2, -0.15) is 5.10 Å². The average molecular weight is 185 g/mol. The van der Waals surface area contributed by atoms with Crippen LogP contribution in [0.25, 0.3) is 0 Å². The molecular formula is C4H10Cl2N4. The first kappa shape index (κ1) is 12.2. The van der Waals surface area contributed by atoms with Gasteiger partial charge in [0.1, 0.15) is 0 Å². The summed E-state index contributed by atoms with van der Waals surface area (Å²) in [6.45, 7) is 1.91. The molecule has 0 amide bonds. The largest absolute Gasteiger partial charge is 0.307 e. The summed E-state index contributed by atoms with van der Waals surface area (Å²) < 4.78 is 0.